The minimum Gasteiger partial charge on any atom is -0.495 e. The van der Waals surface area contributed by atoms with Crippen LogP contribution in [0, 0.1) is 0 Å². The number of ether oxygens (including phenoxy) is 3. The molecule has 16 heavy (non-hydrogen) atoms. The molecule has 2 rings (SSSR count). The predicted octanol–water partition coefficient (Wildman–Crippen LogP) is 0.853. The quantitative estimate of drug-likeness (QED) is 0.821. The molecular weight excluding hydrogens is 208 g/mol. The lowest BCUT2D eigenvalue weighted by Crippen LogP contribution is -2.19. The first-order valence-corrected chi connectivity index (χ1v) is 5.27. The van der Waals surface area contributed by atoms with Crippen LogP contribution in [0.15, 0.2) is 18.5 Å². The van der Waals surface area contributed by atoms with Gasteiger partial charge in [0.1, 0.15) is 5.75 Å². The Bertz CT molecular complexity index is 340. The number of nitrogens with zero attached hydrogens (tertiary/aromatic N) is 1. The lowest BCUT2D eigenvalue weighted by atomic mass is 10.1. The van der Waals surface area contributed by atoms with Crippen LogP contribution in [0.25, 0.3) is 0 Å². The second-order valence-corrected chi connectivity index (χ2v) is 3.67. The maximum Gasteiger partial charge on any atom is 0.159 e. The highest BCUT2D eigenvalue weighted by molar-refractivity contribution is 5.25. The van der Waals surface area contributed by atoms with E-state index in [4.69, 9.17) is 19.9 Å². The number of aromatic nitrogens is 1. The maximum atomic E-state index is 6.04. The molecule has 0 bridgehead atoms. The van der Waals surface area contributed by atoms with Gasteiger partial charge in [0, 0.05) is 18.7 Å². The van der Waals surface area contributed by atoms with Gasteiger partial charge in [-0.1, -0.05) is 0 Å². The van der Waals surface area contributed by atoms with Crippen LogP contribution in [0.5, 0.6) is 5.75 Å². The number of methoxy groups -OCH3 is 1. The smallest absolute Gasteiger partial charge is 0.159 e. The molecule has 1 fully saturated rings. The van der Waals surface area contributed by atoms with Crippen molar-refractivity contribution in [1.82, 2.24) is 4.98 Å². The van der Waals surface area contributed by atoms with Gasteiger partial charge in [0.2, 0.25) is 0 Å². The van der Waals surface area contributed by atoms with Crippen molar-refractivity contribution < 1.29 is 14.2 Å². The lowest BCUT2D eigenvalue weighted by molar-refractivity contribution is -0.0507. The van der Waals surface area contributed by atoms with E-state index in [0.29, 0.717) is 25.4 Å². The molecule has 1 aliphatic rings. The van der Waals surface area contributed by atoms with Crippen molar-refractivity contribution in [3.63, 3.8) is 0 Å². The summed E-state index contributed by atoms with van der Waals surface area (Å²) in [7, 11) is 1.61. The van der Waals surface area contributed by atoms with Gasteiger partial charge in [0.05, 0.1) is 26.5 Å². The van der Waals surface area contributed by atoms with E-state index < -0.39 is 0 Å². The zero-order chi connectivity index (χ0) is 11.4. The van der Waals surface area contributed by atoms with Gasteiger partial charge in [-0.15, -0.1) is 0 Å². The first-order valence-electron chi connectivity index (χ1n) is 5.27. The Labute approximate surface area is 94.5 Å². The van der Waals surface area contributed by atoms with Gasteiger partial charge in [-0.25, -0.2) is 0 Å². The summed E-state index contributed by atoms with van der Waals surface area (Å²) in [5.74, 6) is 0.709. The molecule has 1 aliphatic heterocycles. The molecule has 2 heterocycles. The topological polar surface area (TPSA) is 66.6 Å². The Morgan fingerprint density at radius 3 is 2.94 bits per heavy atom. The van der Waals surface area contributed by atoms with Crippen molar-refractivity contribution in [3.8, 4) is 5.75 Å². The van der Waals surface area contributed by atoms with Crippen LogP contribution in [0.1, 0.15) is 18.0 Å². The van der Waals surface area contributed by atoms with Gasteiger partial charge < -0.3 is 19.9 Å². The van der Waals surface area contributed by atoms with Gasteiger partial charge in [0.25, 0.3) is 0 Å². The molecule has 5 nitrogen and oxygen atoms in total. The number of hydrogen-bond donors (Lipinski definition) is 1. The van der Waals surface area contributed by atoms with Gasteiger partial charge in [-0.3, -0.25) is 4.98 Å². The summed E-state index contributed by atoms with van der Waals surface area (Å²) >= 11 is 0. The maximum absolute atomic E-state index is 6.04. The van der Waals surface area contributed by atoms with E-state index in [-0.39, 0.29) is 12.3 Å². The molecule has 1 saturated heterocycles. The minimum absolute atomic E-state index is 0.148. The summed E-state index contributed by atoms with van der Waals surface area (Å²) in [6.07, 6.45) is 3.83. The third-order valence-corrected chi connectivity index (χ3v) is 2.54. The minimum atomic E-state index is -0.193. The SMILES string of the molecule is COc1cncc(C(N)CC2OCCO2)c1. The summed E-state index contributed by atoms with van der Waals surface area (Å²) in [6, 6.07) is 1.73. The van der Waals surface area contributed by atoms with Gasteiger partial charge in [-0.2, -0.15) is 0 Å². The first kappa shape index (κ1) is 11.3. The predicted molar refractivity (Wildman–Crippen MR) is 58.0 cm³/mol. The van der Waals surface area contributed by atoms with Gasteiger partial charge >= 0.3 is 0 Å². The molecular formula is C11H16N2O3. The monoisotopic (exact) mass is 224 g/mol. The molecule has 0 radical (unpaired) electrons. The van der Waals surface area contributed by atoms with Crippen LogP contribution in [0.2, 0.25) is 0 Å². The molecule has 1 atom stereocenters. The molecule has 0 amide bonds. The van der Waals surface area contributed by atoms with Crippen LogP contribution in [-0.2, 0) is 9.47 Å². The standard InChI is InChI=1S/C11H16N2O3/c1-14-9-4-8(6-13-7-9)10(12)5-11-15-2-3-16-11/h4,6-7,10-11H,2-3,5,12H2,1H3. The third-order valence-electron chi connectivity index (χ3n) is 2.54. The Morgan fingerprint density at radius 2 is 2.25 bits per heavy atom. The van der Waals surface area contributed by atoms with Crippen molar-refractivity contribution in [3.05, 3.63) is 24.0 Å². The number of nitrogens with two attached hydrogens (primary N) is 1. The highest BCUT2D eigenvalue weighted by Crippen LogP contribution is 2.22. The largest absolute Gasteiger partial charge is 0.495 e. The van der Waals surface area contributed by atoms with Crippen LogP contribution in [0.3, 0.4) is 0 Å². The zero-order valence-electron chi connectivity index (χ0n) is 9.26. The summed E-state index contributed by atoms with van der Waals surface area (Å²) < 4.78 is 15.8. The average Bonchev–Trinajstić information content (AvgIpc) is 2.82. The van der Waals surface area contributed by atoms with E-state index in [1.807, 2.05) is 6.07 Å². The number of rotatable bonds is 4. The molecule has 1 unspecified atom stereocenters. The normalized spacial score (nSPS) is 18.6. The molecule has 1 aromatic rings. The van der Waals surface area contributed by atoms with Crippen LogP contribution >= 0.6 is 0 Å². The van der Waals surface area contributed by atoms with Gasteiger partial charge in [-0.05, 0) is 11.6 Å². The fourth-order valence-electron chi connectivity index (χ4n) is 1.64. The van der Waals surface area contributed by atoms with Crippen molar-refractivity contribution in [2.24, 2.45) is 5.73 Å². The number of pyridine rings is 1. The Kier molecular flexibility index (Phi) is 3.71. The Morgan fingerprint density at radius 1 is 1.50 bits per heavy atom. The average molecular weight is 224 g/mol. The van der Waals surface area contributed by atoms with Gasteiger partial charge in [0.15, 0.2) is 6.29 Å². The molecule has 5 heteroatoms. The first-order chi connectivity index (χ1) is 7.79. The van der Waals surface area contributed by atoms with E-state index in [1.165, 1.54) is 0 Å². The Balaban J connectivity index is 1.98. The van der Waals surface area contributed by atoms with Crippen molar-refractivity contribution in [2.75, 3.05) is 20.3 Å². The lowest BCUT2D eigenvalue weighted by Gasteiger charge is -2.16. The highest BCUT2D eigenvalue weighted by Gasteiger charge is 2.20. The van der Waals surface area contributed by atoms with E-state index >= 15 is 0 Å². The molecule has 1 aromatic heterocycles. The zero-order valence-corrected chi connectivity index (χ0v) is 9.26. The van der Waals surface area contributed by atoms with Crippen LogP contribution < -0.4 is 10.5 Å². The molecule has 0 aromatic carbocycles. The van der Waals surface area contributed by atoms with Crippen LogP contribution in [0.4, 0.5) is 0 Å². The second kappa shape index (κ2) is 5.25. The third kappa shape index (κ3) is 2.69. The Hall–Kier alpha value is -1.17. The summed E-state index contributed by atoms with van der Waals surface area (Å²) in [5, 5.41) is 0. The number of hydrogen-bond acceptors (Lipinski definition) is 5. The van der Waals surface area contributed by atoms with Crippen molar-refractivity contribution in [1.29, 1.82) is 0 Å². The van der Waals surface area contributed by atoms with Crippen molar-refractivity contribution >= 4 is 0 Å². The summed E-state index contributed by atoms with van der Waals surface area (Å²) in [4.78, 5) is 4.06. The van der Waals surface area contributed by atoms with E-state index in [9.17, 15) is 0 Å². The molecule has 0 saturated carbocycles. The highest BCUT2D eigenvalue weighted by atomic mass is 16.7. The second-order valence-electron chi connectivity index (χ2n) is 3.67. The fraction of sp³-hybridized carbons (Fsp3) is 0.545. The molecule has 0 aliphatic carbocycles. The fourth-order valence-corrected chi connectivity index (χ4v) is 1.64. The van der Waals surface area contributed by atoms with Crippen LogP contribution in [-0.4, -0.2) is 31.6 Å². The van der Waals surface area contributed by atoms with E-state index in [0.717, 1.165) is 5.56 Å². The molecule has 0 spiro atoms. The van der Waals surface area contributed by atoms with E-state index in [1.54, 1.807) is 19.5 Å². The summed E-state index contributed by atoms with van der Waals surface area (Å²) in [5.41, 5.74) is 6.97. The molecule has 2 N–H and O–H groups in total. The van der Waals surface area contributed by atoms with Crippen molar-refractivity contribution in [2.45, 2.75) is 18.8 Å². The summed E-state index contributed by atoms with van der Waals surface area (Å²) in [6.45, 7) is 1.29. The molecule has 88 valence electrons. The van der Waals surface area contributed by atoms with E-state index in [2.05, 4.69) is 4.98 Å².